The summed E-state index contributed by atoms with van der Waals surface area (Å²) >= 11 is 6.34. The minimum absolute atomic E-state index is 0. The second-order valence-corrected chi connectivity index (χ2v) is 6.68. The molecule has 1 heterocycles. The van der Waals surface area contributed by atoms with Gasteiger partial charge in [-0.05, 0) is 29.3 Å². The molecule has 0 unspecified atom stereocenters. The third-order valence-corrected chi connectivity index (χ3v) is 4.78. The fraction of sp³-hybridized carbons (Fsp3) is 0.333. The van der Waals surface area contributed by atoms with Gasteiger partial charge in [-0.2, -0.15) is 0 Å². The monoisotopic (exact) mass is 487 g/mol. The quantitative estimate of drug-likeness (QED) is 0.475. The molecular formula is C18H19Cl3F3N3O3. The number of nitro groups is 1. The van der Waals surface area contributed by atoms with E-state index in [9.17, 15) is 23.3 Å². The minimum atomic E-state index is -4.77. The van der Waals surface area contributed by atoms with Gasteiger partial charge in [-0.1, -0.05) is 23.7 Å². The van der Waals surface area contributed by atoms with E-state index in [1.54, 1.807) is 0 Å². The van der Waals surface area contributed by atoms with E-state index in [1.165, 1.54) is 42.5 Å². The number of benzene rings is 2. The Kier molecular flexibility index (Phi) is 9.64. The van der Waals surface area contributed by atoms with Crippen molar-refractivity contribution in [2.75, 3.05) is 26.2 Å². The molecule has 0 amide bonds. The molecule has 2 aromatic carbocycles. The third kappa shape index (κ3) is 6.61. The van der Waals surface area contributed by atoms with E-state index < -0.39 is 17.3 Å². The molecule has 1 aliphatic heterocycles. The number of hydrogen-bond acceptors (Lipinski definition) is 5. The molecule has 2 aromatic rings. The predicted molar refractivity (Wildman–Crippen MR) is 112 cm³/mol. The van der Waals surface area contributed by atoms with Crippen LogP contribution in [0.4, 0.5) is 18.9 Å². The number of alkyl halides is 3. The Balaban J connectivity index is 0.00000225. The largest absolute Gasteiger partial charge is 0.573 e. The molecule has 1 N–H and O–H groups in total. The standard InChI is InChI=1S/C18H17ClF3N3O3.2ClH/c19-16-6-3-13(25(26)27)11-15(16)17(24-9-7-23-8-10-24)12-1-4-14(5-2-12)28-18(20,21)22;;/h1-6,11,17,23H,7-10H2;2*1H/t17-;;/m1../s1. The lowest BCUT2D eigenvalue weighted by atomic mass is 9.95. The highest BCUT2D eigenvalue weighted by atomic mass is 35.5. The predicted octanol–water partition coefficient (Wildman–Crippen LogP) is 4.99. The molecule has 1 fully saturated rings. The van der Waals surface area contributed by atoms with Crippen molar-refractivity contribution in [1.82, 2.24) is 10.2 Å². The van der Waals surface area contributed by atoms with Crippen molar-refractivity contribution in [3.8, 4) is 5.75 Å². The van der Waals surface area contributed by atoms with Crippen molar-refractivity contribution in [2.45, 2.75) is 12.4 Å². The Hall–Kier alpha value is -1.78. The minimum Gasteiger partial charge on any atom is -0.406 e. The number of nitrogens with zero attached hydrogens (tertiary/aromatic N) is 2. The summed E-state index contributed by atoms with van der Waals surface area (Å²) in [7, 11) is 0. The Morgan fingerprint density at radius 3 is 2.23 bits per heavy atom. The van der Waals surface area contributed by atoms with Gasteiger partial charge in [-0.3, -0.25) is 15.0 Å². The lowest BCUT2D eigenvalue weighted by Gasteiger charge is -2.36. The van der Waals surface area contributed by atoms with Crippen LogP contribution in [0.25, 0.3) is 0 Å². The van der Waals surface area contributed by atoms with E-state index in [0.29, 0.717) is 29.2 Å². The van der Waals surface area contributed by atoms with Crippen LogP contribution in [-0.4, -0.2) is 42.4 Å². The van der Waals surface area contributed by atoms with Gasteiger partial charge < -0.3 is 10.1 Å². The molecule has 1 saturated heterocycles. The molecule has 0 bridgehead atoms. The highest BCUT2D eigenvalue weighted by molar-refractivity contribution is 6.31. The van der Waals surface area contributed by atoms with Gasteiger partial charge in [0.05, 0.1) is 11.0 Å². The first-order valence-electron chi connectivity index (χ1n) is 8.49. The van der Waals surface area contributed by atoms with Crippen LogP contribution in [0.2, 0.25) is 5.02 Å². The molecule has 0 saturated carbocycles. The summed E-state index contributed by atoms with van der Waals surface area (Å²) in [4.78, 5) is 12.8. The van der Waals surface area contributed by atoms with Gasteiger partial charge >= 0.3 is 6.36 Å². The summed E-state index contributed by atoms with van der Waals surface area (Å²) in [6.45, 7) is 2.76. The Bertz CT molecular complexity index is 848. The molecule has 6 nitrogen and oxygen atoms in total. The highest BCUT2D eigenvalue weighted by Crippen LogP contribution is 2.36. The first-order chi connectivity index (χ1) is 13.2. The van der Waals surface area contributed by atoms with Crippen LogP contribution < -0.4 is 10.1 Å². The van der Waals surface area contributed by atoms with E-state index in [2.05, 4.69) is 15.0 Å². The average molecular weight is 489 g/mol. The average Bonchev–Trinajstić information content (AvgIpc) is 2.64. The number of ether oxygens (including phenoxy) is 1. The van der Waals surface area contributed by atoms with Crippen LogP contribution in [0.3, 0.4) is 0 Å². The lowest BCUT2D eigenvalue weighted by molar-refractivity contribution is -0.384. The van der Waals surface area contributed by atoms with Gasteiger partial charge in [0.25, 0.3) is 5.69 Å². The summed E-state index contributed by atoms with van der Waals surface area (Å²) in [6.07, 6.45) is -4.77. The first-order valence-corrected chi connectivity index (χ1v) is 8.87. The summed E-state index contributed by atoms with van der Waals surface area (Å²) in [5.41, 5.74) is 1.10. The second-order valence-electron chi connectivity index (χ2n) is 6.27. The Morgan fingerprint density at radius 1 is 1.10 bits per heavy atom. The van der Waals surface area contributed by atoms with Crippen molar-refractivity contribution in [1.29, 1.82) is 0 Å². The Labute approximate surface area is 188 Å². The van der Waals surface area contributed by atoms with Crippen molar-refractivity contribution in [3.05, 3.63) is 68.7 Å². The SMILES string of the molecule is Cl.Cl.O=[N+]([O-])c1ccc(Cl)c([C@@H](c2ccc(OC(F)(F)F)cc2)N2CCNCC2)c1. The number of rotatable bonds is 5. The molecular weight excluding hydrogens is 470 g/mol. The maximum atomic E-state index is 12.4. The maximum Gasteiger partial charge on any atom is 0.573 e. The number of piperazine rings is 1. The molecule has 1 atom stereocenters. The zero-order valence-corrected chi connectivity index (χ0v) is 17.8. The molecule has 0 radical (unpaired) electrons. The zero-order valence-electron chi connectivity index (χ0n) is 15.4. The number of hydrogen-bond donors (Lipinski definition) is 1. The fourth-order valence-electron chi connectivity index (χ4n) is 3.23. The van der Waals surface area contributed by atoms with Crippen LogP contribution in [-0.2, 0) is 0 Å². The van der Waals surface area contributed by atoms with Gasteiger partial charge in [0, 0.05) is 43.3 Å². The van der Waals surface area contributed by atoms with Crippen LogP contribution >= 0.6 is 36.4 Å². The van der Waals surface area contributed by atoms with Crippen molar-refractivity contribution in [2.24, 2.45) is 0 Å². The summed E-state index contributed by atoms with van der Waals surface area (Å²) in [5, 5.41) is 14.8. The van der Waals surface area contributed by atoms with Crippen LogP contribution in [0, 0.1) is 10.1 Å². The molecule has 12 heteroatoms. The van der Waals surface area contributed by atoms with Gasteiger partial charge in [-0.15, -0.1) is 38.0 Å². The van der Waals surface area contributed by atoms with Gasteiger partial charge in [0.2, 0.25) is 0 Å². The first kappa shape index (κ1) is 26.3. The number of nitro benzene ring substituents is 1. The van der Waals surface area contributed by atoms with Crippen LogP contribution in [0.1, 0.15) is 17.2 Å². The molecule has 166 valence electrons. The smallest absolute Gasteiger partial charge is 0.406 e. The third-order valence-electron chi connectivity index (χ3n) is 4.43. The fourth-order valence-corrected chi connectivity index (χ4v) is 3.45. The van der Waals surface area contributed by atoms with Crippen LogP contribution in [0.5, 0.6) is 5.75 Å². The molecule has 30 heavy (non-hydrogen) atoms. The van der Waals surface area contributed by atoms with E-state index in [-0.39, 0.29) is 36.3 Å². The van der Waals surface area contributed by atoms with Crippen molar-refractivity contribution in [3.63, 3.8) is 0 Å². The van der Waals surface area contributed by atoms with E-state index in [1.807, 2.05) is 0 Å². The zero-order chi connectivity index (χ0) is 20.3. The summed E-state index contributed by atoms with van der Waals surface area (Å²) in [5.74, 6) is -0.333. The van der Waals surface area contributed by atoms with E-state index >= 15 is 0 Å². The molecule has 0 aliphatic carbocycles. The highest BCUT2D eigenvalue weighted by Gasteiger charge is 2.32. The van der Waals surface area contributed by atoms with Crippen LogP contribution in [0.15, 0.2) is 42.5 Å². The number of halogens is 6. The number of nitrogens with one attached hydrogen (secondary N) is 1. The molecule has 0 spiro atoms. The summed E-state index contributed by atoms with van der Waals surface area (Å²) in [6, 6.07) is 9.24. The lowest BCUT2D eigenvalue weighted by Crippen LogP contribution is -2.45. The van der Waals surface area contributed by atoms with E-state index in [4.69, 9.17) is 11.6 Å². The van der Waals surface area contributed by atoms with Gasteiger partial charge in [0.15, 0.2) is 0 Å². The molecule has 3 rings (SSSR count). The normalized spacial score (nSPS) is 15.5. The van der Waals surface area contributed by atoms with Crippen molar-refractivity contribution >= 4 is 42.1 Å². The molecule has 0 aromatic heterocycles. The van der Waals surface area contributed by atoms with E-state index in [0.717, 1.165) is 13.1 Å². The molecule has 1 aliphatic rings. The van der Waals surface area contributed by atoms with Crippen molar-refractivity contribution < 1.29 is 22.8 Å². The maximum absolute atomic E-state index is 12.4. The second kappa shape index (κ2) is 11.0. The van der Waals surface area contributed by atoms with Gasteiger partial charge in [-0.25, -0.2) is 0 Å². The topological polar surface area (TPSA) is 67.6 Å². The summed E-state index contributed by atoms with van der Waals surface area (Å²) < 4.78 is 41.2. The Morgan fingerprint density at radius 2 is 1.70 bits per heavy atom. The number of non-ortho nitro benzene ring substituents is 1. The van der Waals surface area contributed by atoms with Gasteiger partial charge in [0.1, 0.15) is 5.75 Å².